The minimum Gasteiger partial charge on any atom is -0.0623 e. The predicted molar refractivity (Wildman–Crippen MR) is 70.7 cm³/mol. The van der Waals surface area contributed by atoms with Crippen molar-refractivity contribution in [1.82, 2.24) is 0 Å². The van der Waals surface area contributed by atoms with E-state index < -0.39 is 0 Å². The van der Waals surface area contributed by atoms with Crippen LogP contribution in [0.1, 0.15) is 84.0 Å². The highest BCUT2D eigenvalue weighted by Gasteiger charge is 1.92. The smallest absolute Gasteiger partial charge is 0.0417 e. The highest BCUT2D eigenvalue weighted by Crippen LogP contribution is 2.11. The number of hydrogen-bond donors (Lipinski definition) is 0. The summed E-state index contributed by atoms with van der Waals surface area (Å²) in [6, 6.07) is 0. The lowest BCUT2D eigenvalue weighted by atomic mass is 10.1. The van der Waals surface area contributed by atoms with Gasteiger partial charge in [-0.3, -0.25) is 0 Å². The molecule has 0 aromatic heterocycles. The minimum absolute atomic E-state index is 1.12. The van der Waals surface area contributed by atoms with Gasteiger partial charge in [0.1, 0.15) is 0 Å². The van der Waals surface area contributed by atoms with E-state index in [0.717, 1.165) is 6.42 Å². The van der Waals surface area contributed by atoms with Crippen LogP contribution in [0.2, 0.25) is 0 Å². The average molecular weight is 210 g/mol. The first kappa shape index (κ1) is 15.0. The molecule has 0 fully saturated rings. The quantitative estimate of drug-likeness (QED) is 0.361. The van der Waals surface area contributed by atoms with E-state index in [1.165, 1.54) is 70.6 Å². The molecule has 0 amide bonds. The Morgan fingerprint density at radius 2 is 1.07 bits per heavy atom. The van der Waals surface area contributed by atoms with Crippen LogP contribution < -0.4 is 0 Å². The van der Waals surface area contributed by atoms with Crippen LogP contribution in [0, 0.1) is 13.3 Å². The fourth-order valence-corrected chi connectivity index (χ4v) is 1.94. The Kier molecular flexibility index (Phi) is 14.0. The van der Waals surface area contributed by atoms with E-state index in [0.29, 0.717) is 0 Å². The zero-order chi connectivity index (χ0) is 11.2. The van der Waals surface area contributed by atoms with Gasteiger partial charge < -0.3 is 0 Å². The molecule has 0 aliphatic rings. The topological polar surface area (TPSA) is 0 Å². The number of hydrogen-bond acceptors (Lipinski definition) is 0. The average Bonchev–Trinajstić information content (AvgIpc) is 2.26. The third-order valence-corrected chi connectivity index (χ3v) is 2.99. The van der Waals surface area contributed by atoms with E-state index >= 15 is 0 Å². The molecular weight excluding hydrogens is 180 g/mol. The molecule has 0 bridgehead atoms. The molecule has 0 rings (SSSR count). The first-order chi connectivity index (χ1) is 7.41. The van der Waals surface area contributed by atoms with Gasteiger partial charge in [-0.2, -0.15) is 0 Å². The van der Waals surface area contributed by atoms with Crippen LogP contribution >= 0.6 is 0 Å². The Morgan fingerprint density at radius 3 is 1.47 bits per heavy atom. The van der Waals surface area contributed by atoms with Gasteiger partial charge in [0.05, 0.1) is 0 Å². The summed E-state index contributed by atoms with van der Waals surface area (Å²) in [5.41, 5.74) is 0. The molecule has 0 spiro atoms. The van der Waals surface area contributed by atoms with E-state index in [4.69, 9.17) is 0 Å². The molecule has 0 saturated carbocycles. The van der Waals surface area contributed by atoms with Gasteiger partial charge in [-0.25, -0.2) is 0 Å². The summed E-state index contributed by atoms with van der Waals surface area (Å²) < 4.78 is 0. The molecular formula is C15H30. The van der Waals surface area contributed by atoms with Gasteiger partial charge in [0.25, 0.3) is 0 Å². The van der Waals surface area contributed by atoms with Gasteiger partial charge in [0.2, 0.25) is 0 Å². The van der Waals surface area contributed by atoms with Crippen molar-refractivity contribution in [2.75, 3.05) is 0 Å². The molecule has 90 valence electrons. The summed E-state index contributed by atoms with van der Waals surface area (Å²) in [5, 5.41) is 0. The largest absolute Gasteiger partial charge is 0.0623 e. The van der Waals surface area contributed by atoms with E-state index in [1.54, 1.807) is 0 Å². The monoisotopic (exact) mass is 210 g/mol. The number of unbranched alkanes of at least 4 members (excludes halogenated alkanes) is 12. The highest BCUT2D eigenvalue weighted by molar-refractivity contribution is 4.55. The molecule has 0 aliphatic heterocycles. The van der Waals surface area contributed by atoms with Crippen LogP contribution in [0.15, 0.2) is 0 Å². The number of rotatable bonds is 12. The maximum atomic E-state index is 3.87. The van der Waals surface area contributed by atoms with Crippen molar-refractivity contribution >= 4 is 0 Å². The molecule has 2 radical (unpaired) electrons. The van der Waals surface area contributed by atoms with Crippen LogP contribution in [0.3, 0.4) is 0 Å². The summed E-state index contributed by atoms with van der Waals surface area (Å²) in [4.78, 5) is 0. The Balaban J connectivity index is 2.81. The Labute approximate surface area is 97.8 Å². The van der Waals surface area contributed by atoms with Crippen LogP contribution in [-0.4, -0.2) is 0 Å². The summed E-state index contributed by atoms with van der Waals surface area (Å²) >= 11 is 0. The second-order valence-corrected chi connectivity index (χ2v) is 4.59. The van der Waals surface area contributed by atoms with Crippen molar-refractivity contribution in [1.29, 1.82) is 0 Å². The summed E-state index contributed by atoms with van der Waals surface area (Å²) in [5.74, 6) is 0. The van der Waals surface area contributed by atoms with E-state index in [-0.39, 0.29) is 0 Å². The summed E-state index contributed by atoms with van der Waals surface area (Å²) in [6.45, 7) is 6.02. The summed E-state index contributed by atoms with van der Waals surface area (Å²) in [6.07, 6.45) is 19.0. The van der Waals surface area contributed by atoms with Gasteiger partial charge >= 0.3 is 0 Å². The molecule has 0 nitrogen and oxygen atoms in total. The molecule has 0 unspecified atom stereocenters. The second kappa shape index (κ2) is 14.0. The SMILES string of the molecule is [CH2]CCCCCCCCCCCC[CH]C. The molecule has 0 aliphatic carbocycles. The van der Waals surface area contributed by atoms with Crippen molar-refractivity contribution in [2.24, 2.45) is 0 Å². The molecule has 0 heterocycles. The van der Waals surface area contributed by atoms with Crippen molar-refractivity contribution < 1.29 is 0 Å². The lowest BCUT2D eigenvalue weighted by Gasteiger charge is -2.01. The molecule has 0 heteroatoms. The van der Waals surface area contributed by atoms with Crippen molar-refractivity contribution in [2.45, 2.75) is 84.0 Å². The third kappa shape index (κ3) is 14.0. The Hall–Kier alpha value is 0. The zero-order valence-corrected chi connectivity index (χ0v) is 10.8. The van der Waals surface area contributed by atoms with Gasteiger partial charge in [0.15, 0.2) is 0 Å². The fourth-order valence-electron chi connectivity index (χ4n) is 1.94. The zero-order valence-electron chi connectivity index (χ0n) is 10.8. The molecule has 0 aromatic rings. The Morgan fingerprint density at radius 1 is 0.667 bits per heavy atom. The van der Waals surface area contributed by atoms with Crippen LogP contribution in [0.5, 0.6) is 0 Å². The van der Waals surface area contributed by atoms with E-state index in [9.17, 15) is 0 Å². The second-order valence-electron chi connectivity index (χ2n) is 4.59. The van der Waals surface area contributed by atoms with E-state index in [2.05, 4.69) is 20.3 Å². The predicted octanol–water partition coefficient (Wildman–Crippen LogP) is 5.73. The normalized spacial score (nSPS) is 10.8. The van der Waals surface area contributed by atoms with Crippen molar-refractivity contribution in [3.05, 3.63) is 13.3 Å². The van der Waals surface area contributed by atoms with Crippen LogP contribution in [0.4, 0.5) is 0 Å². The molecule has 15 heavy (non-hydrogen) atoms. The third-order valence-electron chi connectivity index (χ3n) is 2.99. The summed E-state index contributed by atoms with van der Waals surface area (Å²) in [7, 11) is 0. The maximum Gasteiger partial charge on any atom is -0.0417 e. The first-order valence-corrected chi connectivity index (χ1v) is 6.99. The van der Waals surface area contributed by atoms with Gasteiger partial charge in [-0.15, -0.1) is 0 Å². The highest BCUT2D eigenvalue weighted by atomic mass is 14.0. The minimum atomic E-state index is 1.12. The first-order valence-electron chi connectivity index (χ1n) is 6.99. The molecule has 0 aromatic carbocycles. The fraction of sp³-hybridized carbons (Fsp3) is 0.867. The van der Waals surface area contributed by atoms with Gasteiger partial charge in [-0.1, -0.05) is 90.9 Å². The lowest BCUT2D eigenvalue weighted by Crippen LogP contribution is -1.82. The van der Waals surface area contributed by atoms with Gasteiger partial charge in [0, 0.05) is 0 Å². The van der Waals surface area contributed by atoms with Crippen molar-refractivity contribution in [3.63, 3.8) is 0 Å². The maximum absolute atomic E-state index is 3.87. The van der Waals surface area contributed by atoms with Crippen LogP contribution in [0.25, 0.3) is 0 Å². The van der Waals surface area contributed by atoms with Crippen molar-refractivity contribution in [3.8, 4) is 0 Å². The molecule has 0 atom stereocenters. The molecule has 0 saturated heterocycles. The van der Waals surface area contributed by atoms with Gasteiger partial charge in [-0.05, 0) is 6.42 Å². The lowest BCUT2D eigenvalue weighted by molar-refractivity contribution is 0.551. The van der Waals surface area contributed by atoms with E-state index in [1.807, 2.05) is 0 Å². The molecule has 0 N–H and O–H groups in total. The van der Waals surface area contributed by atoms with Crippen LogP contribution in [-0.2, 0) is 0 Å². The Bertz CT molecular complexity index is 84.2. The standard InChI is InChI=1S/C15H30/c1-3-5-7-9-11-13-15-14-12-10-8-6-4-2/h4H,1,3,5-15H2,2H3.